The van der Waals surface area contributed by atoms with Crippen molar-refractivity contribution in [2.75, 3.05) is 18.8 Å². The van der Waals surface area contributed by atoms with Crippen LogP contribution in [0.15, 0.2) is 42.6 Å². The second-order valence-corrected chi connectivity index (χ2v) is 9.77. The Balaban J connectivity index is 2.09. The van der Waals surface area contributed by atoms with Crippen molar-refractivity contribution in [2.45, 2.75) is 12.2 Å². The standard InChI is InChI=1S/C15H19NO4S/c1-11-13(17)20-15(21(2,3)4)16(11)14(18)19-10-12-8-6-5-7-9-12/h5-9,15H,1,10H2,2-4H3/t15-/m0/s1. The molecule has 114 valence electrons. The third-order valence-electron chi connectivity index (χ3n) is 2.95. The summed E-state index contributed by atoms with van der Waals surface area (Å²) in [4.78, 5) is 25.1. The van der Waals surface area contributed by atoms with E-state index in [0.717, 1.165) is 5.56 Å². The lowest BCUT2D eigenvalue weighted by molar-refractivity contribution is -0.136. The van der Waals surface area contributed by atoms with Crippen LogP contribution in [0.3, 0.4) is 0 Å². The Kier molecular flexibility index (Phi) is 4.27. The van der Waals surface area contributed by atoms with Crippen molar-refractivity contribution in [1.82, 2.24) is 4.90 Å². The molecule has 1 aliphatic heterocycles. The maximum atomic E-state index is 12.3. The maximum Gasteiger partial charge on any atom is 0.418 e. The molecule has 1 heterocycles. The third kappa shape index (κ3) is 3.39. The van der Waals surface area contributed by atoms with Crippen molar-refractivity contribution in [3.05, 3.63) is 48.2 Å². The third-order valence-corrected chi connectivity index (χ3v) is 4.47. The van der Waals surface area contributed by atoms with Crippen LogP contribution in [0.5, 0.6) is 0 Å². The summed E-state index contributed by atoms with van der Waals surface area (Å²) in [7, 11) is -1.32. The van der Waals surface area contributed by atoms with Crippen LogP contribution in [-0.4, -0.2) is 41.3 Å². The SMILES string of the molecule is C=C1C(=O)O[C@@H](S(C)(C)C)N1C(=O)OCc1ccccc1. The average Bonchev–Trinajstić information content (AvgIpc) is 2.74. The number of carbonyl (C=O) groups excluding carboxylic acids is 2. The minimum Gasteiger partial charge on any atom is -0.444 e. The van der Waals surface area contributed by atoms with Gasteiger partial charge >= 0.3 is 12.1 Å². The highest BCUT2D eigenvalue weighted by molar-refractivity contribution is 8.32. The molecular formula is C15H19NO4S. The van der Waals surface area contributed by atoms with Crippen LogP contribution in [0, 0.1) is 0 Å². The fourth-order valence-corrected chi connectivity index (χ4v) is 3.11. The van der Waals surface area contributed by atoms with Gasteiger partial charge in [0.15, 0.2) is 0 Å². The van der Waals surface area contributed by atoms with Gasteiger partial charge in [0.2, 0.25) is 5.56 Å². The van der Waals surface area contributed by atoms with Crippen LogP contribution >= 0.6 is 10.0 Å². The monoisotopic (exact) mass is 309 g/mol. The molecule has 0 aromatic heterocycles. The molecule has 2 rings (SSSR count). The van der Waals surface area contributed by atoms with E-state index in [-0.39, 0.29) is 12.3 Å². The van der Waals surface area contributed by atoms with Gasteiger partial charge in [0.1, 0.15) is 12.3 Å². The lowest BCUT2D eigenvalue weighted by atomic mass is 10.2. The summed E-state index contributed by atoms with van der Waals surface area (Å²) >= 11 is 0. The van der Waals surface area contributed by atoms with Crippen LogP contribution in [-0.2, 0) is 20.9 Å². The molecule has 5 nitrogen and oxygen atoms in total. The summed E-state index contributed by atoms with van der Waals surface area (Å²) in [6.45, 7) is 3.76. The fourth-order valence-electron chi connectivity index (χ4n) is 1.88. The van der Waals surface area contributed by atoms with Crippen LogP contribution < -0.4 is 0 Å². The van der Waals surface area contributed by atoms with E-state index in [2.05, 4.69) is 6.58 Å². The van der Waals surface area contributed by atoms with Crippen LogP contribution in [0.1, 0.15) is 5.56 Å². The number of carbonyl (C=O) groups is 2. The number of esters is 1. The number of hydrogen-bond acceptors (Lipinski definition) is 4. The lowest BCUT2D eigenvalue weighted by Gasteiger charge is -2.35. The zero-order valence-electron chi connectivity index (χ0n) is 12.4. The van der Waals surface area contributed by atoms with Crippen molar-refractivity contribution in [3.63, 3.8) is 0 Å². The second kappa shape index (κ2) is 5.81. The van der Waals surface area contributed by atoms with Gasteiger partial charge in [0, 0.05) is 0 Å². The number of amides is 1. The molecule has 0 bridgehead atoms. The maximum absolute atomic E-state index is 12.3. The van der Waals surface area contributed by atoms with Gasteiger partial charge in [-0.1, -0.05) is 36.9 Å². The molecule has 1 amide bonds. The summed E-state index contributed by atoms with van der Waals surface area (Å²) in [5, 5.41) is 0. The van der Waals surface area contributed by atoms with E-state index in [1.165, 1.54) is 4.90 Å². The lowest BCUT2D eigenvalue weighted by Crippen LogP contribution is -2.37. The molecule has 21 heavy (non-hydrogen) atoms. The zero-order chi connectivity index (χ0) is 15.6. The van der Waals surface area contributed by atoms with Crippen molar-refractivity contribution in [2.24, 2.45) is 0 Å². The molecule has 0 spiro atoms. The van der Waals surface area contributed by atoms with E-state index in [4.69, 9.17) is 9.47 Å². The number of hydrogen-bond donors (Lipinski definition) is 0. The first-order valence-electron chi connectivity index (χ1n) is 6.37. The average molecular weight is 309 g/mol. The molecule has 0 unspecified atom stereocenters. The predicted molar refractivity (Wildman–Crippen MR) is 82.8 cm³/mol. The van der Waals surface area contributed by atoms with Crippen LogP contribution in [0.2, 0.25) is 0 Å². The van der Waals surface area contributed by atoms with Gasteiger partial charge in [-0.2, -0.15) is 10.0 Å². The smallest absolute Gasteiger partial charge is 0.418 e. The molecule has 0 radical (unpaired) electrons. The van der Waals surface area contributed by atoms with Gasteiger partial charge in [-0.3, -0.25) is 0 Å². The largest absolute Gasteiger partial charge is 0.444 e. The Morgan fingerprint density at radius 3 is 2.52 bits per heavy atom. The quantitative estimate of drug-likeness (QED) is 0.636. The fraction of sp³-hybridized carbons (Fsp3) is 0.333. The number of rotatable bonds is 3. The van der Waals surface area contributed by atoms with Gasteiger partial charge in [-0.25, -0.2) is 14.5 Å². The zero-order valence-corrected chi connectivity index (χ0v) is 13.2. The Bertz CT molecular complexity index is 565. The molecule has 0 saturated carbocycles. The van der Waals surface area contributed by atoms with Gasteiger partial charge in [0.25, 0.3) is 0 Å². The predicted octanol–water partition coefficient (Wildman–Crippen LogP) is 2.67. The Morgan fingerprint density at radius 2 is 1.95 bits per heavy atom. The van der Waals surface area contributed by atoms with Gasteiger partial charge < -0.3 is 9.47 Å². The molecule has 1 saturated heterocycles. The van der Waals surface area contributed by atoms with Crippen LogP contribution in [0.25, 0.3) is 0 Å². The van der Waals surface area contributed by atoms with E-state index >= 15 is 0 Å². The van der Waals surface area contributed by atoms with Gasteiger partial charge in [0.05, 0.1) is 0 Å². The molecule has 1 atom stereocenters. The van der Waals surface area contributed by atoms with E-state index in [0.29, 0.717) is 0 Å². The number of ether oxygens (including phenoxy) is 2. The van der Waals surface area contributed by atoms with Gasteiger partial charge in [-0.15, -0.1) is 0 Å². The first-order chi connectivity index (χ1) is 9.80. The minimum absolute atomic E-state index is 0.0282. The highest BCUT2D eigenvalue weighted by Crippen LogP contribution is 2.47. The molecule has 1 fully saturated rings. The van der Waals surface area contributed by atoms with E-state index in [9.17, 15) is 9.59 Å². The normalized spacial score (nSPS) is 19.4. The highest BCUT2D eigenvalue weighted by Gasteiger charge is 2.45. The van der Waals surface area contributed by atoms with Crippen LogP contribution in [0.4, 0.5) is 4.79 Å². The van der Waals surface area contributed by atoms with Gasteiger partial charge in [-0.05, 0) is 24.3 Å². The summed E-state index contributed by atoms with van der Waals surface area (Å²) < 4.78 is 10.5. The summed E-state index contributed by atoms with van der Waals surface area (Å²) in [5.41, 5.74) is 0.281. The summed E-state index contributed by atoms with van der Waals surface area (Å²) in [6.07, 6.45) is 5.27. The summed E-state index contributed by atoms with van der Waals surface area (Å²) in [6, 6.07) is 9.35. The van der Waals surface area contributed by atoms with E-state index in [1.54, 1.807) is 0 Å². The van der Waals surface area contributed by atoms with Crippen molar-refractivity contribution in [1.29, 1.82) is 0 Å². The molecule has 0 aliphatic carbocycles. The van der Waals surface area contributed by atoms with E-state index < -0.39 is 27.7 Å². The number of benzene rings is 1. The van der Waals surface area contributed by atoms with Crippen molar-refractivity contribution >= 4 is 22.1 Å². The molecule has 1 aromatic rings. The first kappa shape index (κ1) is 15.4. The topological polar surface area (TPSA) is 55.8 Å². The molecule has 1 aliphatic rings. The Labute approximate surface area is 125 Å². The van der Waals surface area contributed by atoms with Crippen molar-refractivity contribution < 1.29 is 19.1 Å². The highest BCUT2D eigenvalue weighted by atomic mass is 32.3. The first-order valence-corrected chi connectivity index (χ1v) is 9.30. The minimum atomic E-state index is -1.32. The molecular weight excluding hydrogens is 290 g/mol. The summed E-state index contributed by atoms with van der Waals surface area (Å²) in [5.74, 6) is -0.570. The number of cyclic esters (lactones) is 1. The number of nitrogens with zero attached hydrogens (tertiary/aromatic N) is 1. The molecule has 6 heteroatoms. The Hall–Kier alpha value is -1.95. The Morgan fingerprint density at radius 1 is 1.33 bits per heavy atom. The molecule has 1 aromatic carbocycles. The molecule has 0 N–H and O–H groups in total. The second-order valence-electron chi connectivity index (χ2n) is 5.50. The van der Waals surface area contributed by atoms with Crippen molar-refractivity contribution in [3.8, 4) is 0 Å². The van der Waals surface area contributed by atoms with E-state index in [1.807, 2.05) is 49.1 Å².